The average molecular weight is 433 g/mol. The average Bonchev–Trinajstić information content (AvgIpc) is 2.78. The second-order valence-electron chi connectivity index (χ2n) is 6.67. The fourth-order valence-corrected chi connectivity index (χ4v) is 2.81. The number of rotatable bonds is 9. The van der Waals surface area contributed by atoms with Gasteiger partial charge < -0.3 is 19.1 Å². The van der Waals surface area contributed by atoms with E-state index in [1.165, 1.54) is 12.4 Å². The van der Waals surface area contributed by atoms with Crippen molar-refractivity contribution < 1.29 is 27.4 Å². The maximum absolute atomic E-state index is 12.3. The van der Waals surface area contributed by atoms with Gasteiger partial charge in [0.1, 0.15) is 11.5 Å². The van der Waals surface area contributed by atoms with Crippen molar-refractivity contribution >= 4 is 5.95 Å². The second-order valence-corrected chi connectivity index (χ2v) is 6.67. The van der Waals surface area contributed by atoms with E-state index in [9.17, 15) is 13.2 Å². The number of alkyl halides is 3. The minimum Gasteiger partial charge on any atom is -0.497 e. The van der Waals surface area contributed by atoms with Gasteiger partial charge in [0.15, 0.2) is 12.4 Å². The fourth-order valence-electron chi connectivity index (χ4n) is 2.81. The fraction of sp³-hybridized carbons (Fsp3) is 0.273. The first kappa shape index (κ1) is 22.2. The first-order chi connectivity index (χ1) is 14.9. The van der Waals surface area contributed by atoms with Gasteiger partial charge in [-0.25, -0.2) is 9.97 Å². The molecule has 1 heterocycles. The molecule has 6 nitrogen and oxygen atoms in total. The highest BCUT2D eigenvalue weighted by atomic mass is 19.4. The Morgan fingerprint density at radius 3 is 1.58 bits per heavy atom. The molecule has 0 aliphatic rings. The molecule has 0 aliphatic carbocycles. The first-order valence-corrected chi connectivity index (χ1v) is 9.38. The third-order valence-electron chi connectivity index (χ3n) is 4.36. The molecule has 0 aliphatic heterocycles. The van der Waals surface area contributed by atoms with Crippen molar-refractivity contribution in [3.8, 4) is 17.2 Å². The van der Waals surface area contributed by atoms with Gasteiger partial charge in [-0.15, -0.1) is 0 Å². The Bertz CT molecular complexity index is 897. The van der Waals surface area contributed by atoms with Gasteiger partial charge in [0.2, 0.25) is 5.95 Å². The molecule has 0 N–H and O–H groups in total. The van der Waals surface area contributed by atoms with Gasteiger partial charge in [0.25, 0.3) is 0 Å². The Morgan fingerprint density at radius 2 is 1.19 bits per heavy atom. The van der Waals surface area contributed by atoms with E-state index in [2.05, 4.69) is 9.97 Å². The van der Waals surface area contributed by atoms with Crippen LogP contribution in [0.25, 0.3) is 0 Å². The van der Waals surface area contributed by atoms with Crippen molar-refractivity contribution in [3.05, 3.63) is 72.1 Å². The summed E-state index contributed by atoms with van der Waals surface area (Å²) < 4.78 is 52.1. The number of halogens is 3. The van der Waals surface area contributed by atoms with Crippen LogP contribution in [0.2, 0.25) is 0 Å². The smallest absolute Gasteiger partial charge is 0.422 e. The zero-order chi connectivity index (χ0) is 22.3. The molecule has 9 heteroatoms. The molecule has 0 bridgehead atoms. The van der Waals surface area contributed by atoms with E-state index in [0.717, 1.165) is 22.6 Å². The SMILES string of the molecule is COc1ccc(CN(Cc2ccc(OC)cc2)c2ncc(OCC(F)(F)F)cn2)cc1. The lowest BCUT2D eigenvalue weighted by Crippen LogP contribution is -2.24. The summed E-state index contributed by atoms with van der Waals surface area (Å²) in [5.41, 5.74) is 1.99. The number of hydrogen-bond donors (Lipinski definition) is 0. The van der Waals surface area contributed by atoms with Crippen molar-refractivity contribution in [1.29, 1.82) is 0 Å². The summed E-state index contributed by atoms with van der Waals surface area (Å²) in [6.45, 7) is -0.422. The van der Waals surface area contributed by atoms with Crippen LogP contribution in [0, 0.1) is 0 Å². The van der Waals surface area contributed by atoms with Gasteiger partial charge in [0.05, 0.1) is 26.6 Å². The molecule has 31 heavy (non-hydrogen) atoms. The van der Waals surface area contributed by atoms with Crippen molar-refractivity contribution in [1.82, 2.24) is 9.97 Å². The van der Waals surface area contributed by atoms with Gasteiger partial charge in [0, 0.05) is 13.1 Å². The lowest BCUT2D eigenvalue weighted by molar-refractivity contribution is -0.153. The Morgan fingerprint density at radius 1 is 0.742 bits per heavy atom. The molecular weight excluding hydrogens is 411 g/mol. The summed E-state index contributed by atoms with van der Waals surface area (Å²) >= 11 is 0. The van der Waals surface area contributed by atoms with Crippen LogP contribution in [0.3, 0.4) is 0 Å². The number of nitrogens with zero attached hydrogens (tertiary/aromatic N) is 3. The minimum atomic E-state index is -4.42. The Kier molecular flexibility index (Phi) is 7.17. The molecule has 0 spiro atoms. The summed E-state index contributed by atoms with van der Waals surface area (Å²) in [4.78, 5) is 10.3. The van der Waals surface area contributed by atoms with Gasteiger partial charge in [-0.1, -0.05) is 24.3 Å². The molecule has 0 atom stereocenters. The van der Waals surface area contributed by atoms with Gasteiger partial charge in [-0.2, -0.15) is 13.2 Å². The molecule has 3 rings (SSSR count). The van der Waals surface area contributed by atoms with E-state index in [0.29, 0.717) is 19.0 Å². The lowest BCUT2D eigenvalue weighted by Gasteiger charge is -2.23. The number of aromatic nitrogens is 2. The summed E-state index contributed by atoms with van der Waals surface area (Å²) in [6.07, 6.45) is -1.94. The zero-order valence-electron chi connectivity index (χ0n) is 17.1. The highest BCUT2D eigenvalue weighted by molar-refractivity contribution is 5.38. The first-order valence-electron chi connectivity index (χ1n) is 9.38. The number of ether oxygens (including phenoxy) is 3. The lowest BCUT2D eigenvalue weighted by atomic mass is 10.1. The van der Waals surface area contributed by atoms with Gasteiger partial charge in [-0.05, 0) is 35.4 Å². The zero-order valence-corrected chi connectivity index (χ0v) is 17.1. The Hall–Kier alpha value is -3.49. The quantitative estimate of drug-likeness (QED) is 0.490. The van der Waals surface area contributed by atoms with Crippen LogP contribution < -0.4 is 19.1 Å². The predicted molar refractivity (Wildman–Crippen MR) is 109 cm³/mol. The van der Waals surface area contributed by atoms with Gasteiger partial charge in [-0.3, -0.25) is 0 Å². The maximum atomic E-state index is 12.3. The molecule has 0 saturated carbocycles. The van der Waals surface area contributed by atoms with Crippen LogP contribution in [-0.4, -0.2) is 37.0 Å². The topological polar surface area (TPSA) is 56.7 Å². The molecule has 0 unspecified atom stereocenters. The van der Waals surface area contributed by atoms with E-state index in [-0.39, 0.29) is 5.75 Å². The minimum absolute atomic E-state index is 0.0464. The molecule has 164 valence electrons. The van der Waals surface area contributed by atoms with Crippen LogP contribution in [0.1, 0.15) is 11.1 Å². The number of anilines is 1. The Labute approximate surface area is 178 Å². The normalized spacial score (nSPS) is 11.1. The van der Waals surface area contributed by atoms with Crippen LogP contribution in [0.4, 0.5) is 19.1 Å². The summed E-state index contributed by atoms with van der Waals surface area (Å²) in [5.74, 6) is 1.81. The highest BCUT2D eigenvalue weighted by Gasteiger charge is 2.28. The molecule has 0 radical (unpaired) electrons. The van der Waals surface area contributed by atoms with Crippen LogP contribution in [0.5, 0.6) is 17.2 Å². The highest BCUT2D eigenvalue weighted by Crippen LogP contribution is 2.22. The monoisotopic (exact) mass is 433 g/mol. The molecule has 0 amide bonds. The summed E-state index contributed by atoms with van der Waals surface area (Å²) in [6, 6.07) is 15.2. The summed E-state index contributed by atoms with van der Waals surface area (Å²) in [5, 5.41) is 0. The van der Waals surface area contributed by atoms with E-state index in [4.69, 9.17) is 14.2 Å². The molecule has 1 aromatic heterocycles. The molecule has 3 aromatic rings. The third kappa shape index (κ3) is 6.77. The van der Waals surface area contributed by atoms with Crippen molar-refractivity contribution in [2.45, 2.75) is 19.3 Å². The van der Waals surface area contributed by atoms with E-state index < -0.39 is 12.8 Å². The van der Waals surface area contributed by atoms with Crippen molar-refractivity contribution in [2.24, 2.45) is 0 Å². The predicted octanol–water partition coefficient (Wildman–Crippen LogP) is 4.64. The summed E-state index contributed by atoms with van der Waals surface area (Å²) in [7, 11) is 3.20. The van der Waals surface area contributed by atoms with Crippen LogP contribution >= 0.6 is 0 Å². The molecule has 0 fully saturated rings. The maximum Gasteiger partial charge on any atom is 0.422 e. The van der Waals surface area contributed by atoms with E-state index in [1.54, 1.807) is 14.2 Å². The van der Waals surface area contributed by atoms with E-state index >= 15 is 0 Å². The molecule has 2 aromatic carbocycles. The van der Waals surface area contributed by atoms with E-state index in [1.807, 2.05) is 53.4 Å². The molecular formula is C22H22F3N3O3. The standard InChI is InChI=1S/C22H22F3N3O3/c1-29-18-7-3-16(4-8-18)13-28(14-17-5-9-19(30-2)10-6-17)21-26-11-20(12-27-21)31-15-22(23,24)25/h3-12H,13-15H2,1-2H3. The third-order valence-corrected chi connectivity index (χ3v) is 4.36. The van der Waals surface area contributed by atoms with Gasteiger partial charge >= 0.3 is 6.18 Å². The number of methoxy groups -OCH3 is 2. The number of benzene rings is 2. The van der Waals surface area contributed by atoms with Crippen LogP contribution in [0.15, 0.2) is 60.9 Å². The van der Waals surface area contributed by atoms with Crippen molar-refractivity contribution in [2.75, 3.05) is 25.7 Å². The molecule has 0 saturated heterocycles. The Balaban J connectivity index is 1.79. The number of hydrogen-bond acceptors (Lipinski definition) is 6. The van der Waals surface area contributed by atoms with Crippen molar-refractivity contribution in [3.63, 3.8) is 0 Å². The second kappa shape index (κ2) is 10.0. The van der Waals surface area contributed by atoms with Crippen LogP contribution in [-0.2, 0) is 13.1 Å². The largest absolute Gasteiger partial charge is 0.497 e.